The van der Waals surface area contributed by atoms with Gasteiger partial charge in [0.25, 0.3) is 0 Å². The molecule has 10 heteroatoms. The van der Waals surface area contributed by atoms with E-state index < -0.39 is 9.84 Å². The van der Waals surface area contributed by atoms with Crippen molar-refractivity contribution in [2.24, 2.45) is 0 Å². The van der Waals surface area contributed by atoms with Gasteiger partial charge in [-0.1, -0.05) is 13.8 Å². The van der Waals surface area contributed by atoms with Crippen molar-refractivity contribution in [1.82, 2.24) is 14.9 Å². The van der Waals surface area contributed by atoms with Crippen molar-refractivity contribution in [2.75, 3.05) is 30.8 Å². The van der Waals surface area contributed by atoms with Crippen molar-refractivity contribution >= 4 is 27.4 Å². The molecule has 1 saturated heterocycles. The second-order valence-electron chi connectivity index (χ2n) is 8.81. The predicted octanol–water partition coefficient (Wildman–Crippen LogP) is 3.74. The highest BCUT2D eigenvalue weighted by Gasteiger charge is 2.27. The van der Waals surface area contributed by atoms with Crippen LogP contribution >= 0.6 is 0 Å². The molecule has 0 aliphatic carbocycles. The Morgan fingerprint density at radius 2 is 1.85 bits per heavy atom. The predicted molar refractivity (Wildman–Crippen MR) is 128 cm³/mol. The lowest BCUT2D eigenvalue weighted by Gasteiger charge is -2.32. The van der Waals surface area contributed by atoms with E-state index in [9.17, 15) is 13.2 Å². The van der Waals surface area contributed by atoms with Gasteiger partial charge in [0.05, 0.1) is 4.90 Å². The van der Waals surface area contributed by atoms with Gasteiger partial charge in [-0.05, 0) is 43.0 Å². The molecule has 9 nitrogen and oxygen atoms in total. The molecule has 0 saturated carbocycles. The second-order valence-corrected chi connectivity index (χ2v) is 10.8. The normalized spacial score (nSPS) is 16.6. The molecule has 2 aliphatic rings. The van der Waals surface area contributed by atoms with E-state index in [1.54, 1.807) is 17.0 Å². The third kappa shape index (κ3) is 5.43. The number of piperidine rings is 1. The molecule has 1 fully saturated rings. The molecule has 3 heterocycles. The maximum Gasteiger partial charge on any atom is 0.410 e. The molecule has 34 heavy (non-hydrogen) atoms. The SMILES string of the molecule is CCC(CC)OC(=O)N1CCC(Oc2cc(N3CCc4cc(S(C)(=O)=O)ccc43)ncn2)CC1. The van der Waals surface area contributed by atoms with E-state index >= 15 is 0 Å². The number of sulfone groups is 1. The maximum atomic E-state index is 12.4. The average molecular weight is 489 g/mol. The van der Waals surface area contributed by atoms with Gasteiger partial charge in [0, 0.05) is 50.5 Å². The summed E-state index contributed by atoms with van der Waals surface area (Å²) in [4.78, 5) is 25.2. The van der Waals surface area contributed by atoms with Crippen LogP contribution in [0.1, 0.15) is 45.1 Å². The standard InChI is InChI=1S/C24H32N4O5S/c1-4-18(5-2)33-24(29)27-11-9-19(10-12-27)32-23-15-22(25-16-26-23)28-13-8-17-14-20(34(3,30)31)6-7-21(17)28/h6-7,14-16,18-19H,4-5,8-13H2,1-3H3. The minimum Gasteiger partial charge on any atom is -0.474 e. The zero-order valence-corrected chi connectivity index (χ0v) is 20.8. The molecule has 0 radical (unpaired) electrons. The smallest absolute Gasteiger partial charge is 0.410 e. The summed E-state index contributed by atoms with van der Waals surface area (Å²) in [6, 6.07) is 7.02. The molecule has 0 spiro atoms. The molecule has 1 aromatic heterocycles. The van der Waals surface area contributed by atoms with Gasteiger partial charge in [-0.3, -0.25) is 0 Å². The van der Waals surface area contributed by atoms with Gasteiger partial charge in [-0.2, -0.15) is 0 Å². The lowest BCUT2D eigenvalue weighted by atomic mass is 10.1. The van der Waals surface area contributed by atoms with Crippen molar-refractivity contribution in [3.05, 3.63) is 36.2 Å². The number of anilines is 2. The van der Waals surface area contributed by atoms with Crippen molar-refractivity contribution < 1.29 is 22.7 Å². The Kier molecular flexibility index (Phi) is 7.25. The summed E-state index contributed by atoms with van der Waals surface area (Å²) in [7, 11) is -3.24. The molecule has 0 atom stereocenters. The van der Waals surface area contributed by atoms with Crippen molar-refractivity contribution in [1.29, 1.82) is 0 Å². The van der Waals surface area contributed by atoms with E-state index in [-0.39, 0.29) is 18.3 Å². The molecule has 1 amide bonds. The fourth-order valence-corrected chi connectivity index (χ4v) is 5.06. The van der Waals surface area contributed by atoms with Crippen molar-refractivity contribution in [2.45, 2.75) is 63.1 Å². The number of hydrogen-bond donors (Lipinski definition) is 0. The van der Waals surface area contributed by atoms with Crippen molar-refractivity contribution in [3.63, 3.8) is 0 Å². The number of amides is 1. The van der Waals surface area contributed by atoms with Gasteiger partial charge in [-0.25, -0.2) is 23.2 Å². The van der Waals surface area contributed by atoms with Crippen LogP contribution in [0.15, 0.2) is 35.5 Å². The highest BCUT2D eigenvalue weighted by molar-refractivity contribution is 7.90. The van der Waals surface area contributed by atoms with E-state index in [0.717, 1.165) is 30.5 Å². The number of ether oxygens (including phenoxy) is 2. The topological polar surface area (TPSA) is 102 Å². The van der Waals surface area contributed by atoms with E-state index in [0.29, 0.717) is 49.1 Å². The van der Waals surface area contributed by atoms with Gasteiger partial charge >= 0.3 is 6.09 Å². The Hall–Kier alpha value is -2.88. The first-order chi connectivity index (χ1) is 16.3. The fourth-order valence-electron chi connectivity index (χ4n) is 4.39. The molecule has 4 rings (SSSR count). The molecule has 2 aromatic rings. The van der Waals surface area contributed by atoms with Crippen LogP contribution in [0.5, 0.6) is 5.88 Å². The Morgan fingerprint density at radius 3 is 2.53 bits per heavy atom. The number of rotatable bonds is 7. The van der Waals surface area contributed by atoms with Crippen LogP contribution < -0.4 is 9.64 Å². The molecular formula is C24H32N4O5S. The average Bonchev–Trinajstić information content (AvgIpc) is 3.26. The third-order valence-electron chi connectivity index (χ3n) is 6.44. The number of aromatic nitrogens is 2. The first-order valence-corrected chi connectivity index (χ1v) is 13.7. The van der Waals surface area contributed by atoms with Crippen LogP contribution in [0.25, 0.3) is 0 Å². The molecule has 0 bridgehead atoms. The van der Waals surface area contributed by atoms with E-state index in [4.69, 9.17) is 9.47 Å². The van der Waals surface area contributed by atoms with Crippen LogP contribution in [0.4, 0.5) is 16.3 Å². The van der Waals surface area contributed by atoms with E-state index in [1.807, 2.05) is 30.9 Å². The monoisotopic (exact) mass is 488 g/mol. The second kappa shape index (κ2) is 10.2. The summed E-state index contributed by atoms with van der Waals surface area (Å²) < 4.78 is 35.4. The lowest BCUT2D eigenvalue weighted by molar-refractivity contribution is 0.0388. The first kappa shape index (κ1) is 24.3. The minimum atomic E-state index is -3.24. The summed E-state index contributed by atoms with van der Waals surface area (Å²) in [5.41, 5.74) is 1.93. The Morgan fingerprint density at radius 1 is 1.12 bits per heavy atom. The zero-order valence-electron chi connectivity index (χ0n) is 19.9. The number of hydrogen-bond acceptors (Lipinski definition) is 8. The summed E-state index contributed by atoms with van der Waals surface area (Å²) in [6.45, 7) is 5.92. The molecule has 2 aliphatic heterocycles. The van der Waals surface area contributed by atoms with Gasteiger partial charge in [0.15, 0.2) is 9.84 Å². The number of nitrogens with zero attached hydrogens (tertiary/aromatic N) is 4. The third-order valence-corrected chi connectivity index (χ3v) is 7.55. The zero-order chi connectivity index (χ0) is 24.3. The van der Waals surface area contributed by atoms with Crippen LogP contribution in [0, 0.1) is 0 Å². The van der Waals surface area contributed by atoms with Crippen LogP contribution in [0.3, 0.4) is 0 Å². The van der Waals surface area contributed by atoms with Crippen LogP contribution in [-0.4, -0.2) is 67.5 Å². The van der Waals surface area contributed by atoms with Gasteiger partial charge < -0.3 is 19.3 Å². The Labute approximate surface area is 201 Å². The molecular weight excluding hydrogens is 456 g/mol. The van der Waals surface area contributed by atoms with Gasteiger partial charge in [0.2, 0.25) is 5.88 Å². The summed E-state index contributed by atoms with van der Waals surface area (Å²) in [5, 5.41) is 0. The molecule has 184 valence electrons. The molecule has 0 N–H and O–H groups in total. The quantitative estimate of drug-likeness (QED) is 0.581. The number of fused-ring (bicyclic) bond motifs is 1. The largest absolute Gasteiger partial charge is 0.474 e. The van der Waals surface area contributed by atoms with E-state index in [1.165, 1.54) is 12.6 Å². The number of benzene rings is 1. The summed E-state index contributed by atoms with van der Waals surface area (Å²) in [6.07, 6.45) is 6.17. The summed E-state index contributed by atoms with van der Waals surface area (Å²) in [5.74, 6) is 1.20. The Bertz CT molecular complexity index is 1130. The fraction of sp³-hybridized carbons (Fsp3) is 0.542. The summed E-state index contributed by atoms with van der Waals surface area (Å²) >= 11 is 0. The number of likely N-dealkylation sites (tertiary alicyclic amines) is 1. The minimum absolute atomic E-state index is 0.0328. The van der Waals surface area contributed by atoms with Gasteiger partial charge in [-0.15, -0.1) is 0 Å². The molecule has 1 aromatic carbocycles. The maximum absolute atomic E-state index is 12.4. The van der Waals surface area contributed by atoms with Crippen LogP contribution in [0.2, 0.25) is 0 Å². The van der Waals surface area contributed by atoms with Crippen LogP contribution in [-0.2, 0) is 21.0 Å². The highest BCUT2D eigenvalue weighted by Crippen LogP contribution is 2.35. The number of carbonyl (C=O) groups excluding carboxylic acids is 1. The highest BCUT2D eigenvalue weighted by atomic mass is 32.2. The number of carbonyl (C=O) groups is 1. The van der Waals surface area contributed by atoms with E-state index in [2.05, 4.69) is 9.97 Å². The lowest BCUT2D eigenvalue weighted by Crippen LogP contribution is -2.43. The molecule has 0 unspecified atom stereocenters. The van der Waals surface area contributed by atoms with Gasteiger partial charge in [0.1, 0.15) is 24.4 Å². The van der Waals surface area contributed by atoms with Crippen molar-refractivity contribution in [3.8, 4) is 5.88 Å². The first-order valence-electron chi connectivity index (χ1n) is 11.8. The Balaban J connectivity index is 1.37.